The first-order valence-corrected chi connectivity index (χ1v) is 5.21. The number of hydrogen-bond acceptors (Lipinski definition) is 1. The van der Waals surface area contributed by atoms with Gasteiger partial charge in [-0.1, -0.05) is 35.9 Å². The van der Waals surface area contributed by atoms with Crippen LogP contribution in [0.4, 0.5) is 0 Å². The van der Waals surface area contributed by atoms with E-state index in [-0.39, 0.29) is 0 Å². The molecule has 0 fully saturated rings. The van der Waals surface area contributed by atoms with E-state index in [2.05, 4.69) is 34.8 Å². The van der Waals surface area contributed by atoms with Crippen molar-refractivity contribution < 1.29 is 0 Å². The maximum absolute atomic E-state index is 3.38. The fourth-order valence-corrected chi connectivity index (χ4v) is 1.000. The van der Waals surface area contributed by atoms with Crippen LogP contribution < -0.4 is 5.32 Å². The Hall–Kier alpha value is 0.690. The molecule has 0 amide bonds. The van der Waals surface area contributed by atoms with E-state index >= 15 is 0 Å². The molecule has 0 aromatic rings. The smallest absolute Gasteiger partial charge is 0.000735 e. The average Bonchev–Trinajstić information content (AvgIpc) is 1.89. The second kappa shape index (κ2) is 8.69. The maximum Gasteiger partial charge on any atom is 0.000735 e. The van der Waals surface area contributed by atoms with Crippen molar-refractivity contribution in [2.75, 3.05) is 17.5 Å². The molecule has 0 spiro atoms. The highest BCUT2D eigenvalue weighted by atomic mass is 127. The van der Waals surface area contributed by atoms with Gasteiger partial charge in [-0.05, 0) is 25.9 Å². The first-order valence-electron chi connectivity index (χ1n) is 3.68. The van der Waals surface area contributed by atoms with Crippen LogP contribution in [-0.4, -0.2) is 17.5 Å². The summed E-state index contributed by atoms with van der Waals surface area (Å²) in [6.45, 7) is 4.62. The number of unbranched alkanes of at least 4 members (excludes halogenated alkanes) is 1. The van der Waals surface area contributed by atoms with Crippen LogP contribution in [0.25, 0.3) is 0 Å². The molecule has 2 heteroatoms. The van der Waals surface area contributed by atoms with Crippen LogP contribution >= 0.6 is 22.6 Å². The average molecular weight is 241 g/mol. The molecular formula is C7H16IN. The topological polar surface area (TPSA) is 12.0 Å². The van der Waals surface area contributed by atoms with Gasteiger partial charge in [-0.3, -0.25) is 0 Å². The molecule has 0 bridgehead atoms. The minimum Gasteiger partial charge on any atom is -0.317 e. The van der Waals surface area contributed by atoms with Crippen LogP contribution in [0.2, 0.25) is 0 Å². The van der Waals surface area contributed by atoms with Crippen LogP contribution in [0, 0.1) is 0 Å². The van der Waals surface area contributed by atoms with Crippen molar-refractivity contribution in [1.82, 2.24) is 5.32 Å². The van der Waals surface area contributed by atoms with E-state index in [1.54, 1.807) is 0 Å². The lowest BCUT2D eigenvalue weighted by Crippen LogP contribution is -2.16. The Morgan fingerprint density at radius 1 is 1.22 bits per heavy atom. The summed E-state index contributed by atoms with van der Waals surface area (Å²) in [5.74, 6) is 0. The van der Waals surface area contributed by atoms with Gasteiger partial charge in [0.2, 0.25) is 0 Å². The van der Waals surface area contributed by atoms with Crippen molar-refractivity contribution in [3.05, 3.63) is 0 Å². The minimum absolute atomic E-state index is 1.20. The van der Waals surface area contributed by atoms with Gasteiger partial charge in [0.25, 0.3) is 0 Å². The van der Waals surface area contributed by atoms with Crippen LogP contribution in [0.1, 0.15) is 26.2 Å². The number of hydrogen-bond donors (Lipinski definition) is 1. The van der Waals surface area contributed by atoms with Gasteiger partial charge in [0.1, 0.15) is 0 Å². The highest BCUT2D eigenvalue weighted by molar-refractivity contribution is 14.1. The quantitative estimate of drug-likeness (QED) is 0.427. The predicted octanol–water partition coefficient (Wildman–Crippen LogP) is 2.20. The molecule has 0 saturated heterocycles. The summed E-state index contributed by atoms with van der Waals surface area (Å²) in [4.78, 5) is 0. The predicted molar refractivity (Wildman–Crippen MR) is 51.3 cm³/mol. The van der Waals surface area contributed by atoms with Gasteiger partial charge < -0.3 is 5.32 Å². The molecule has 0 aromatic heterocycles. The second-order valence-electron chi connectivity index (χ2n) is 2.15. The van der Waals surface area contributed by atoms with Crippen LogP contribution in [0.5, 0.6) is 0 Å². The van der Waals surface area contributed by atoms with E-state index in [1.165, 1.54) is 36.8 Å². The zero-order valence-electron chi connectivity index (χ0n) is 6.12. The fourth-order valence-electron chi connectivity index (χ4n) is 0.619. The number of alkyl halides is 1. The summed E-state index contributed by atoms with van der Waals surface area (Å²) < 4.78 is 1.27. The molecular weight excluding hydrogens is 225 g/mol. The maximum atomic E-state index is 3.38. The molecule has 0 aromatic carbocycles. The summed E-state index contributed by atoms with van der Waals surface area (Å²) in [5.41, 5.74) is 0. The summed E-state index contributed by atoms with van der Waals surface area (Å²) in [7, 11) is 0. The van der Waals surface area contributed by atoms with Gasteiger partial charge in [0, 0.05) is 4.43 Å². The zero-order valence-corrected chi connectivity index (χ0v) is 8.28. The van der Waals surface area contributed by atoms with Crippen molar-refractivity contribution in [3.8, 4) is 0 Å². The number of halogens is 1. The lowest BCUT2D eigenvalue weighted by atomic mass is 10.3. The molecule has 9 heavy (non-hydrogen) atoms. The van der Waals surface area contributed by atoms with E-state index in [0.29, 0.717) is 0 Å². The molecule has 1 nitrogen and oxygen atoms in total. The van der Waals surface area contributed by atoms with Crippen LogP contribution in [0.3, 0.4) is 0 Å². The largest absolute Gasteiger partial charge is 0.317 e. The lowest BCUT2D eigenvalue weighted by molar-refractivity contribution is 0.637. The third-order valence-electron chi connectivity index (χ3n) is 1.19. The molecule has 1 N–H and O–H groups in total. The Morgan fingerprint density at radius 3 is 2.44 bits per heavy atom. The first-order chi connectivity index (χ1) is 4.41. The van der Waals surface area contributed by atoms with Crippen molar-refractivity contribution in [1.29, 1.82) is 0 Å². The molecule has 0 aliphatic heterocycles. The Kier molecular flexibility index (Phi) is 9.36. The second-order valence-corrected chi connectivity index (χ2v) is 3.22. The SMILES string of the molecule is CCCCNCCCI. The molecule has 0 saturated carbocycles. The highest BCUT2D eigenvalue weighted by Crippen LogP contribution is 1.86. The minimum atomic E-state index is 1.20. The van der Waals surface area contributed by atoms with E-state index < -0.39 is 0 Å². The van der Waals surface area contributed by atoms with Gasteiger partial charge in [0.05, 0.1) is 0 Å². The summed E-state index contributed by atoms with van der Waals surface area (Å²) in [6, 6.07) is 0. The molecule has 0 aliphatic rings. The molecule has 0 aliphatic carbocycles. The van der Waals surface area contributed by atoms with Crippen LogP contribution in [-0.2, 0) is 0 Å². The van der Waals surface area contributed by atoms with Gasteiger partial charge in [-0.25, -0.2) is 0 Å². The third-order valence-corrected chi connectivity index (χ3v) is 1.96. The van der Waals surface area contributed by atoms with Gasteiger partial charge in [0.15, 0.2) is 0 Å². The van der Waals surface area contributed by atoms with E-state index in [1.807, 2.05) is 0 Å². The molecule has 0 rings (SSSR count). The van der Waals surface area contributed by atoms with Gasteiger partial charge in [-0.15, -0.1) is 0 Å². The Labute approximate surface area is 71.7 Å². The first kappa shape index (κ1) is 9.69. The van der Waals surface area contributed by atoms with E-state index in [4.69, 9.17) is 0 Å². The van der Waals surface area contributed by atoms with Gasteiger partial charge in [-0.2, -0.15) is 0 Å². The number of nitrogens with one attached hydrogen (secondary N) is 1. The Morgan fingerprint density at radius 2 is 1.89 bits per heavy atom. The van der Waals surface area contributed by atoms with E-state index in [9.17, 15) is 0 Å². The van der Waals surface area contributed by atoms with Crippen molar-refractivity contribution in [3.63, 3.8) is 0 Å². The monoisotopic (exact) mass is 241 g/mol. The third kappa shape index (κ3) is 8.69. The van der Waals surface area contributed by atoms with Crippen LogP contribution in [0.15, 0.2) is 0 Å². The van der Waals surface area contributed by atoms with E-state index in [0.717, 1.165) is 0 Å². The standard InChI is InChI=1S/C7H16IN/c1-2-3-6-9-7-4-5-8/h9H,2-7H2,1H3. The normalized spacial score (nSPS) is 10.0. The molecule has 0 atom stereocenters. The molecule has 0 heterocycles. The lowest BCUT2D eigenvalue weighted by Gasteiger charge is -1.99. The molecule has 0 radical (unpaired) electrons. The summed E-state index contributed by atoms with van der Waals surface area (Å²) in [6.07, 6.45) is 3.93. The van der Waals surface area contributed by atoms with Crippen molar-refractivity contribution in [2.24, 2.45) is 0 Å². The summed E-state index contributed by atoms with van der Waals surface area (Å²) >= 11 is 2.41. The highest BCUT2D eigenvalue weighted by Gasteiger charge is 1.83. The number of rotatable bonds is 6. The fraction of sp³-hybridized carbons (Fsp3) is 1.00. The Balaban J connectivity index is 2.60. The zero-order chi connectivity index (χ0) is 6.95. The molecule has 0 unspecified atom stereocenters. The Bertz CT molecular complexity index is 42.2. The van der Waals surface area contributed by atoms with Gasteiger partial charge >= 0.3 is 0 Å². The van der Waals surface area contributed by atoms with Crippen molar-refractivity contribution >= 4 is 22.6 Å². The summed E-state index contributed by atoms with van der Waals surface area (Å²) in [5, 5.41) is 3.38. The molecule has 56 valence electrons. The van der Waals surface area contributed by atoms with Crippen molar-refractivity contribution in [2.45, 2.75) is 26.2 Å².